The fourth-order valence-electron chi connectivity index (χ4n) is 1.80. The van der Waals surface area contributed by atoms with E-state index in [1.807, 2.05) is 22.9 Å². The molecular weight excluding hydrogens is 232 g/mol. The summed E-state index contributed by atoms with van der Waals surface area (Å²) in [5.41, 5.74) is 2.28. The fraction of sp³-hybridized carbons (Fsp3) is 0.250. The zero-order chi connectivity index (χ0) is 11.7. The summed E-state index contributed by atoms with van der Waals surface area (Å²) in [6.07, 6.45) is 0.902. The van der Waals surface area contributed by atoms with Crippen LogP contribution in [0.5, 0.6) is 0 Å². The molecule has 0 atom stereocenters. The van der Waals surface area contributed by atoms with Crippen molar-refractivity contribution >= 4 is 17.5 Å². The number of H-pyrrole nitrogens is 1. The summed E-state index contributed by atoms with van der Waals surface area (Å²) in [6.45, 7) is 2.10. The molecule has 1 aliphatic rings. The van der Waals surface area contributed by atoms with Crippen molar-refractivity contribution in [3.63, 3.8) is 0 Å². The van der Waals surface area contributed by atoms with Crippen molar-refractivity contribution in [1.29, 1.82) is 0 Å². The minimum absolute atomic E-state index is 0.873. The van der Waals surface area contributed by atoms with Crippen molar-refractivity contribution in [2.45, 2.75) is 18.5 Å². The van der Waals surface area contributed by atoms with Crippen LogP contribution < -0.4 is 4.68 Å². The number of hydrogen-bond acceptors (Lipinski definition) is 3. The Labute approximate surface area is 104 Å². The molecule has 86 valence electrons. The van der Waals surface area contributed by atoms with Crippen LogP contribution in [-0.4, -0.2) is 21.7 Å². The first-order valence-electron chi connectivity index (χ1n) is 5.64. The molecule has 1 aromatic heterocycles. The minimum Gasteiger partial charge on any atom is -0.122 e. The van der Waals surface area contributed by atoms with E-state index in [4.69, 9.17) is 0 Å². The monoisotopic (exact) mass is 245 g/mol. The number of aromatic amines is 1. The largest absolute Gasteiger partial charge is 0.360 e. The maximum absolute atomic E-state index is 4.67. The third kappa shape index (κ3) is 1.86. The second-order valence-corrected chi connectivity index (χ2v) is 4.76. The van der Waals surface area contributed by atoms with Gasteiger partial charge in [-0.1, -0.05) is 41.9 Å². The van der Waals surface area contributed by atoms with Crippen LogP contribution in [0.1, 0.15) is 18.3 Å². The predicted octanol–water partition coefficient (Wildman–Crippen LogP) is 1.62. The Morgan fingerprint density at radius 3 is 2.94 bits per heavy atom. The van der Waals surface area contributed by atoms with E-state index in [0.717, 1.165) is 28.9 Å². The molecule has 0 saturated carbocycles. The molecule has 0 bridgehead atoms. The number of benzene rings is 1. The van der Waals surface area contributed by atoms with E-state index in [-0.39, 0.29) is 0 Å². The van der Waals surface area contributed by atoms with Gasteiger partial charge in [-0.15, -0.1) is 10.2 Å². The van der Waals surface area contributed by atoms with Gasteiger partial charge in [-0.2, -0.15) is 0 Å². The van der Waals surface area contributed by atoms with Crippen LogP contribution in [0, 0.1) is 0 Å². The molecule has 0 amide bonds. The molecule has 1 aromatic carbocycles. The number of aromatic nitrogens is 3. The first-order valence-corrected chi connectivity index (χ1v) is 6.62. The first-order chi connectivity index (χ1) is 8.38. The maximum Gasteiger partial charge on any atom is 0.360 e. The molecule has 3 rings (SSSR count). The van der Waals surface area contributed by atoms with Crippen molar-refractivity contribution in [3.8, 4) is 0 Å². The van der Waals surface area contributed by atoms with E-state index in [1.54, 1.807) is 11.8 Å². The van der Waals surface area contributed by atoms with Gasteiger partial charge < -0.3 is 0 Å². The highest BCUT2D eigenvalue weighted by Crippen LogP contribution is 2.18. The topological polar surface area (TPSA) is 44.9 Å². The Balaban J connectivity index is 2.05. The standard InChI is InChI=1S/C12H12N4S/c1-2-11-13-14-12-16(11)15-10(8-17-12)9-6-4-3-5-7-9/h3-7H,2,8H2,1H3/p+1. The van der Waals surface area contributed by atoms with Gasteiger partial charge >= 0.3 is 5.16 Å². The van der Waals surface area contributed by atoms with Crippen LogP contribution in [0.3, 0.4) is 0 Å². The van der Waals surface area contributed by atoms with Crippen LogP contribution in [0.15, 0.2) is 40.6 Å². The lowest BCUT2D eigenvalue weighted by atomic mass is 10.1. The molecule has 1 aliphatic heterocycles. The van der Waals surface area contributed by atoms with Crippen LogP contribution >= 0.6 is 11.8 Å². The van der Waals surface area contributed by atoms with Gasteiger partial charge in [0.1, 0.15) is 0 Å². The molecule has 0 unspecified atom stereocenters. The van der Waals surface area contributed by atoms with Gasteiger partial charge in [0.25, 0.3) is 5.82 Å². The van der Waals surface area contributed by atoms with Crippen molar-refractivity contribution in [2.24, 2.45) is 5.10 Å². The summed E-state index contributed by atoms with van der Waals surface area (Å²) in [5.74, 6) is 1.92. The molecule has 2 heterocycles. The number of hydrogen-bond donors (Lipinski definition) is 1. The van der Waals surface area contributed by atoms with Crippen LogP contribution in [0.4, 0.5) is 0 Å². The van der Waals surface area contributed by atoms with E-state index in [2.05, 4.69) is 34.4 Å². The van der Waals surface area contributed by atoms with Crippen molar-refractivity contribution in [2.75, 3.05) is 5.75 Å². The number of nitrogens with zero attached hydrogens (tertiary/aromatic N) is 3. The van der Waals surface area contributed by atoms with E-state index in [9.17, 15) is 0 Å². The molecule has 0 saturated heterocycles. The second kappa shape index (κ2) is 4.33. The molecule has 17 heavy (non-hydrogen) atoms. The van der Waals surface area contributed by atoms with Crippen molar-refractivity contribution in [1.82, 2.24) is 10.2 Å². The predicted molar refractivity (Wildman–Crippen MR) is 67.3 cm³/mol. The highest BCUT2D eigenvalue weighted by atomic mass is 32.2. The molecule has 2 aromatic rings. The van der Waals surface area contributed by atoms with Gasteiger partial charge in [0.05, 0.1) is 16.6 Å². The molecule has 5 heteroatoms. The molecule has 0 radical (unpaired) electrons. The number of nitrogens with one attached hydrogen (secondary N) is 1. The Kier molecular flexibility index (Phi) is 2.68. The molecule has 0 aliphatic carbocycles. The van der Waals surface area contributed by atoms with Crippen molar-refractivity contribution in [3.05, 3.63) is 41.7 Å². The SMILES string of the molecule is CCc1[nH]nc2[n+]1N=C(c1ccccc1)CS2. The summed E-state index contributed by atoms with van der Waals surface area (Å²) < 4.78 is 1.91. The van der Waals surface area contributed by atoms with Gasteiger partial charge in [0.15, 0.2) is 0 Å². The molecule has 0 spiro atoms. The van der Waals surface area contributed by atoms with Gasteiger partial charge in [-0.05, 0) is 17.3 Å². The molecule has 0 fully saturated rings. The van der Waals surface area contributed by atoms with Gasteiger partial charge in [0, 0.05) is 6.42 Å². The van der Waals surface area contributed by atoms with E-state index >= 15 is 0 Å². The average molecular weight is 245 g/mol. The van der Waals surface area contributed by atoms with Crippen LogP contribution in [-0.2, 0) is 6.42 Å². The molecule has 4 nitrogen and oxygen atoms in total. The lowest BCUT2D eigenvalue weighted by Gasteiger charge is -2.08. The quantitative estimate of drug-likeness (QED) is 0.817. The smallest absolute Gasteiger partial charge is 0.122 e. The van der Waals surface area contributed by atoms with E-state index in [0.29, 0.717) is 0 Å². The van der Waals surface area contributed by atoms with Gasteiger partial charge in [-0.25, -0.2) is 0 Å². The summed E-state index contributed by atoms with van der Waals surface area (Å²) >= 11 is 1.72. The van der Waals surface area contributed by atoms with E-state index < -0.39 is 0 Å². The summed E-state index contributed by atoms with van der Waals surface area (Å²) in [6, 6.07) is 10.3. The average Bonchev–Trinajstić information content (AvgIpc) is 2.81. The third-order valence-electron chi connectivity index (χ3n) is 2.72. The van der Waals surface area contributed by atoms with Gasteiger partial charge in [-0.3, -0.25) is 0 Å². The molecular formula is C12H13N4S+. The highest BCUT2D eigenvalue weighted by molar-refractivity contribution is 7.99. The zero-order valence-electron chi connectivity index (χ0n) is 9.55. The third-order valence-corrected chi connectivity index (χ3v) is 3.66. The lowest BCUT2D eigenvalue weighted by molar-refractivity contribution is -0.723. The number of aryl methyl sites for hydroxylation is 1. The van der Waals surface area contributed by atoms with Crippen molar-refractivity contribution < 1.29 is 4.68 Å². The van der Waals surface area contributed by atoms with E-state index in [1.165, 1.54) is 5.56 Å². The highest BCUT2D eigenvalue weighted by Gasteiger charge is 2.25. The number of thioether (sulfide) groups is 1. The number of rotatable bonds is 2. The minimum atomic E-state index is 0.873. The Hall–Kier alpha value is -1.62. The maximum atomic E-state index is 4.67. The Morgan fingerprint density at radius 2 is 2.18 bits per heavy atom. The van der Waals surface area contributed by atoms with Crippen LogP contribution in [0.25, 0.3) is 0 Å². The first kappa shape index (κ1) is 10.5. The lowest BCUT2D eigenvalue weighted by Crippen LogP contribution is -2.38. The summed E-state index contributed by atoms with van der Waals surface area (Å²) in [7, 11) is 0. The Morgan fingerprint density at radius 1 is 1.35 bits per heavy atom. The van der Waals surface area contributed by atoms with Gasteiger partial charge in [0.2, 0.25) is 0 Å². The zero-order valence-corrected chi connectivity index (χ0v) is 10.4. The molecule has 1 N–H and O–H groups in total. The summed E-state index contributed by atoms with van der Waals surface area (Å²) in [5, 5.41) is 12.9. The Bertz CT molecular complexity index is 559. The fourth-order valence-corrected chi connectivity index (χ4v) is 2.68. The second-order valence-electron chi connectivity index (χ2n) is 3.82. The van der Waals surface area contributed by atoms with Crippen LogP contribution in [0.2, 0.25) is 0 Å². The number of fused-ring (bicyclic) bond motifs is 1. The normalized spacial score (nSPS) is 14.3. The summed E-state index contributed by atoms with van der Waals surface area (Å²) in [4.78, 5) is 0.